The maximum absolute atomic E-state index is 12.1. The second-order valence-corrected chi connectivity index (χ2v) is 6.51. The minimum absolute atomic E-state index is 0.219. The van der Waals surface area contributed by atoms with Crippen molar-refractivity contribution >= 4 is 11.9 Å². The van der Waals surface area contributed by atoms with Gasteiger partial charge in [-0.3, -0.25) is 9.79 Å². The molecule has 0 atom stereocenters. The molecule has 6 heteroatoms. The number of guanidine groups is 1. The molecule has 1 saturated heterocycles. The molecule has 1 N–H and O–H groups in total. The summed E-state index contributed by atoms with van der Waals surface area (Å²) in [5.41, 5.74) is 1.19. The Kier molecular flexibility index (Phi) is 8.25. The Morgan fingerprint density at radius 3 is 2.54 bits per heavy atom. The fraction of sp³-hybridized carbons (Fsp3) is 0.600. The summed E-state index contributed by atoms with van der Waals surface area (Å²) in [6.45, 7) is 8.58. The topological polar surface area (TPSA) is 57.2 Å². The number of nitrogens with one attached hydrogen (secondary N) is 1. The van der Waals surface area contributed by atoms with Crippen molar-refractivity contribution in [3.63, 3.8) is 0 Å². The zero-order chi connectivity index (χ0) is 18.8. The summed E-state index contributed by atoms with van der Waals surface area (Å²) < 4.78 is 5.48. The number of rotatable bonds is 8. The number of aliphatic imine (C=N–C) groups is 1. The minimum atomic E-state index is 0.219. The molecule has 0 aromatic heterocycles. The van der Waals surface area contributed by atoms with Crippen molar-refractivity contribution in [3.8, 4) is 5.75 Å². The van der Waals surface area contributed by atoms with Crippen molar-refractivity contribution in [2.24, 2.45) is 4.99 Å². The summed E-state index contributed by atoms with van der Waals surface area (Å²) in [6.07, 6.45) is 2.73. The van der Waals surface area contributed by atoms with Gasteiger partial charge in [0.25, 0.3) is 0 Å². The summed E-state index contributed by atoms with van der Waals surface area (Å²) >= 11 is 0. The molecule has 0 radical (unpaired) electrons. The lowest BCUT2D eigenvalue weighted by molar-refractivity contribution is -0.129. The van der Waals surface area contributed by atoms with Crippen LogP contribution in [0.1, 0.15) is 38.7 Å². The maximum Gasteiger partial charge on any atom is 0.224 e. The number of hydrogen-bond donors (Lipinski definition) is 1. The lowest BCUT2D eigenvalue weighted by Crippen LogP contribution is -2.38. The largest absolute Gasteiger partial charge is 0.494 e. The number of carbonyl (C=O) groups is 1. The van der Waals surface area contributed by atoms with Crippen LogP contribution >= 0.6 is 0 Å². The van der Waals surface area contributed by atoms with Crippen molar-refractivity contribution in [2.45, 2.75) is 39.7 Å². The number of nitrogens with zero attached hydrogens (tertiary/aromatic N) is 3. The molecule has 0 aliphatic carbocycles. The second-order valence-electron chi connectivity index (χ2n) is 6.51. The molecular formula is C20H32N4O2. The number of ether oxygens (including phenoxy) is 1. The molecule has 0 unspecified atom stereocenters. The Balaban J connectivity index is 1.88. The Labute approximate surface area is 157 Å². The Morgan fingerprint density at radius 2 is 1.92 bits per heavy atom. The fourth-order valence-corrected chi connectivity index (χ4v) is 3.06. The quantitative estimate of drug-likeness (QED) is 0.572. The van der Waals surface area contributed by atoms with E-state index < -0.39 is 0 Å². The molecule has 6 nitrogen and oxygen atoms in total. The van der Waals surface area contributed by atoms with Gasteiger partial charge in [-0.25, -0.2) is 0 Å². The first-order valence-corrected chi connectivity index (χ1v) is 9.63. The van der Waals surface area contributed by atoms with Gasteiger partial charge in [-0.15, -0.1) is 0 Å². The monoisotopic (exact) mass is 360 g/mol. The molecule has 26 heavy (non-hydrogen) atoms. The molecule has 0 bridgehead atoms. The van der Waals surface area contributed by atoms with Crippen LogP contribution < -0.4 is 10.1 Å². The maximum atomic E-state index is 12.1. The molecular weight excluding hydrogens is 328 g/mol. The van der Waals surface area contributed by atoms with Gasteiger partial charge in [-0.1, -0.05) is 12.1 Å². The van der Waals surface area contributed by atoms with Crippen LogP contribution in [0.3, 0.4) is 0 Å². The highest BCUT2D eigenvalue weighted by molar-refractivity contribution is 5.81. The second kappa shape index (κ2) is 10.7. The average molecular weight is 361 g/mol. The molecule has 1 aromatic rings. The molecule has 1 aromatic carbocycles. The van der Waals surface area contributed by atoms with Gasteiger partial charge < -0.3 is 19.9 Å². The van der Waals surface area contributed by atoms with Gasteiger partial charge in [0.1, 0.15) is 5.75 Å². The van der Waals surface area contributed by atoms with E-state index in [4.69, 9.17) is 4.74 Å². The van der Waals surface area contributed by atoms with E-state index in [2.05, 4.69) is 34.3 Å². The molecule has 1 aliphatic rings. The lowest BCUT2D eigenvalue weighted by atomic mass is 10.2. The molecule has 0 saturated carbocycles. The van der Waals surface area contributed by atoms with E-state index in [9.17, 15) is 4.79 Å². The molecule has 1 aliphatic heterocycles. The summed E-state index contributed by atoms with van der Waals surface area (Å²) in [5.74, 6) is 1.94. The summed E-state index contributed by atoms with van der Waals surface area (Å²) in [5, 5.41) is 3.30. The molecule has 0 spiro atoms. The van der Waals surface area contributed by atoms with Crippen LogP contribution in [-0.4, -0.2) is 61.5 Å². The van der Waals surface area contributed by atoms with Crippen LogP contribution in [0.2, 0.25) is 0 Å². The van der Waals surface area contributed by atoms with Gasteiger partial charge in [0.2, 0.25) is 5.91 Å². The zero-order valence-electron chi connectivity index (χ0n) is 16.3. The van der Waals surface area contributed by atoms with Crippen molar-refractivity contribution < 1.29 is 9.53 Å². The van der Waals surface area contributed by atoms with Gasteiger partial charge >= 0.3 is 0 Å². The van der Waals surface area contributed by atoms with E-state index in [1.165, 1.54) is 5.56 Å². The third-order valence-electron chi connectivity index (χ3n) is 4.40. The Bertz CT molecular complexity index is 580. The predicted molar refractivity (Wildman–Crippen MR) is 105 cm³/mol. The summed E-state index contributed by atoms with van der Waals surface area (Å²) in [7, 11) is 2.01. The van der Waals surface area contributed by atoms with Crippen LogP contribution in [0, 0.1) is 0 Å². The fourth-order valence-electron chi connectivity index (χ4n) is 3.06. The van der Waals surface area contributed by atoms with Gasteiger partial charge in [-0.05, 0) is 44.4 Å². The first-order valence-electron chi connectivity index (χ1n) is 9.63. The minimum Gasteiger partial charge on any atom is -0.494 e. The molecule has 144 valence electrons. The van der Waals surface area contributed by atoms with Crippen LogP contribution in [0.25, 0.3) is 0 Å². The molecule has 1 heterocycles. The van der Waals surface area contributed by atoms with Crippen LogP contribution in [0.15, 0.2) is 29.3 Å². The smallest absolute Gasteiger partial charge is 0.224 e. The van der Waals surface area contributed by atoms with Crippen LogP contribution in [0.5, 0.6) is 5.75 Å². The first kappa shape index (κ1) is 20.1. The number of amides is 1. The van der Waals surface area contributed by atoms with E-state index in [0.717, 1.165) is 50.7 Å². The standard InChI is InChI=1S/C20H32N4O2/c1-4-21-20(22-13-12-19(25)24-14-6-7-15-24)23(3)16-17-8-10-18(11-9-17)26-5-2/h8-11H,4-7,12-16H2,1-3H3,(H,21,22). The van der Waals surface area contributed by atoms with Crippen molar-refractivity contribution in [1.29, 1.82) is 0 Å². The highest BCUT2D eigenvalue weighted by atomic mass is 16.5. The Hall–Kier alpha value is -2.24. The molecule has 2 rings (SSSR count). The van der Waals surface area contributed by atoms with Crippen molar-refractivity contribution in [1.82, 2.24) is 15.1 Å². The van der Waals surface area contributed by atoms with E-state index in [0.29, 0.717) is 19.6 Å². The first-order chi connectivity index (χ1) is 12.6. The number of likely N-dealkylation sites (tertiary alicyclic amines) is 1. The lowest BCUT2D eigenvalue weighted by Gasteiger charge is -2.22. The van der Waals surface area contributed by atoms with Gasteiger partial charge in [0.15, 0.2) is 5.96 Å². The van der Waals surface area contributed by atoms with Crippen molar-refractivity contribution in [2.75, 3.05) is 39.8 Å². The third-order valence-corrected chi connectivity index (χ3v) is 4.40. The molecule has 1 fully saturated rings. The van der Waals surface area contributed by atoms with Crippen LogP contribution in [0.4, 0.5) is 0 Å². The number of hydrogen-bond acceptors (Lipinski definition) is 3. The van der Waals surface area contributed by atoms with Gasteiger partial charge in [0.05, 0.1) is 13.2 Å². The number of carbonyl (C=O) groups excluding carboxylic acids is 1. The van der Waals surface area contributed by atoms with E-state index in [1.807, 2.05) is 31.0 Å². The van der Waals surface area contributed by atoms with E-state index in [-0.39, 0.29) is 5.91 Å². The van der Waals surface area contributed by atoms with Crippen LogP contribution in [-0.2, 0) is 11.3 Å². The molecule has 1 amide bonds. The van der Waals surface area contributed by atoms with Gasteiger partial charge in [-0.2, -0.15) is 0 Å². The van der Waals surface area contributed by atoms with Crippen molar-refractivity contribution in [3.05, 3.63) is 29.8 Å². The normalized spacial score (nSPS) is 14.4. The Morgan fingerprint density at radius 1 is 1.23 bits per heavy atom. The predicted octanol–water partition coefficient (Wildman–Crippen LogP) is 2.50. The number of benzene rings is 1. The van der Waals surface area contributed by atoms with E-state index in [1.54, 1.807) is 0 Å². The third kappa shape index (κ3) is 6.24. The highest BCUT2D eigenvalue weighted by Crippen LogP contribution is 2.13. The van der Waals surface area contributed by atoms with Gasteiger partial charge in [0, 0.05) is 39.6 Å². The summed E-state index contributed by atoms with van der Waals surface area (Å²) in [4.78, 5) is 20.8. The zero-order valence-corrected chi connectivity index (χ0v) is 16.3. The summed E-state index contributed by atoms with van der Waals surface area (Å²) in [6, 6.07) is 8.13. The van der Waals surface area contributed by atoms with E-state index >= 15 is 0 Å². The average Bonchev–Trinajstić information content (AvgIpc) is 3.17. The SMILES string of the molecule is CCNC(=NCCC(=O)N1CCCC1)N(C)Cc1ccc(OCC)cc1. The highest BCUT2D eigenvalue weighted by Gasteiger charge is 2.17.